The minimum atomic E-state index is -0.571. The number of primary amides is 2. The number of carbonyl (C=O) groups is 2. The molecule has 0 saturated carbocycles. The van der Waals surface area contributed by atoms with Crippen molar-refractivity contribution >= 4 is 11.8 Å². The van der Waals surface area contributed by atoms with Gasteiger partial charge in [0, 0.05) is 11.1 Å². The average molecular weight is 380 g/mol. The number of benzene rings is 3. The highest BCUT2D eigenvalue weighted by Gasteiger charge is 2.03. The smallest absolute Gasteiger partial charge is 0.248 e. The van der Waals surface area contributed by atoms with Gasteiger partial charge in [0.1, 0.15) is 0 Å². The Balaban J connectivity index is 0. The number of amides is 2. The summed E-state index contributed by atoms with van der Waals surface area (Å²) in [5.74, 6) is -1.14. The van der Waals surface area contributed by atoms with Crippen molar-refractivity contribution in [3.05, 3.63) is 109 Å². The minimum Gasteiger partial charge on any atom is -0.366 e. The number of hydrogen-bond acceptors (Lipinski definition) is 4. The molecule has 0 aromatic heterocycles. The third-order valence-corrected chi connectivity index (χ3v) is 3.31. The second kappa shape index (κ2) is 14.4. The molecule has 28 heavy (non-hydrogen) atoms. The van der Waals surface area contributed by atoms with Crippen LogP contribution in [0, 0.1) is 0 Å². The summed E-state index contributed by atoms with van der Waals surface area (Å²) < 4.78 is 0. The fraction of sp³-hybridized carbons (Fsp3) is 0. The van der Waals surface area contributed by atoms with Gasteiger partial charge in [-0.2, -0.15) is 0 Å². The van der Waals surface area contributed by atoms with Crippen molar-refractivity contribution in [2.45, 2.75) is 0 Å². The number of carbonyl (C=O) groups excluding carboxylic acids is 2. The van der Waals surface area contributed by atoms with E-state index in [1.807, 2.05) is 12.1 Å². The molecule has 0 unspecified atom stereocenters. The lowest BCUT2D eigenvalue weighted by Gasteiger charge is -1.98. The van der Waals surface area contributed by atoms with Crippen LogP contribution < -0.4 is 23.8 Å². The topological polar surface area (TPSA) is 156 Å². The second-order valence-electron chi connectivity index (χ2n) is 5.04. The molecule has 0 saturated heterocycles. The molecule has 0 radical (unpaired) electrons. The summed E-state index contributed by atoms with van der Waals surface area (Å²) in [6, 6.07) is 26.7. The normalized spacial score (nSPS) is 8.29. The molecule has 6 heteroatoms. The molecule has 3 aromatic rings. The van der Waals surface area contributed by atoms with Gasteiger partial charge in [-0.1, -0.05) is 66.7 Å². The van der Waals surface area contributed by atoms with Gasteiger partial charge in [0.15, 0.2) is 0 Å². The predicted molar refractivity (Wildman–Crippen MR) is 117 cm³/mol. The molecule has 0 atom stereocenters. The van der Waals surface area contributed by atoms with E-state index in [0.29, 0.717) is 0 Å². The number of nitrogens with two attached hydrogens (primary N) is 2. The standard InChI is InChI=1S/C12H10.C8H8N2O2.C2H4.2H3N/c1-3-7-11(8-4-1)12-9-5-2-6-10-12;9-7(11)5-2-1-3-6(4-5)8(10)12;1-2;;/h1-10H;1-4H,(H2,9,11)(H2,10,12);1-2H2;2*1H3. The van der Waals surface area contributed by atoms with Crippen LogP contribution in [0.2, 0.25) is 0 Å². The zero-order valence-electron chi connectivity index (χ0n) is 15.9. The summed E-state index contributed by atoms with van der Waals surface area (Å²) in [5, 5.41) is 0. The Kier molecular flexibility index (Phi) is 13.7. The van der Waals surface area contributed by atoms with Crippen molar-refractivity contribution in [3.63, 3.8) is 0 Å². The Morgan fingerprint density at radius 3 is 1.18 bits per heavy atom. The van der Waals surface area contributed by atoms with Gasteiger partial charge in [0.2, 0.25) is 11.8 Å². The molecule has 0 heterocycles. The van der Waals surface area contributed by atoms with E-state index in [4.69, 9.17) is 11.5 Å². The fourth-order valence-corrected chi connectivity index (χ4v) is 2.09. The van der Waals surface area contributed by atoms with Crippen molar-refractivity contribution in [1.29, 1.82) is 0 Å². The van der Waals surface area contributed by atoms with Gasteiger partial charge in [-0.25, -0.2) is 0 Å². The van der Waals surface area contributed by atoms with Crippen LogP contribution in [0.15, 0.2) is 98.1 Å². The second-order valence-corrected chi connectivity index (χ2v) is 5.04. The van der Waals surface area contributed by atoms with Crippen LogP contribution in [0.25, 0.3) is 11.1 Å². The summed E-state index contributed by atoms with van der Waals surface area (Å²) in [5.41, 5.74) is 13.1. The molecule has 0 aliphatic carbocycles. The highest BCUT2D eigenvalue weighted by molar-refractivity contribution is 5.98. The fourth-order valence-electron chi connectivity index (χ4n) is 2.09. The first-order valence-electron chi connectivity index (χ1n) is 7.88. The highest BCUT2D eigenvalue weighted by Crippen LogP contribution is 2.17. The third kappa shape index (κ3) is 8.57. The predicted octanol–water partition coefficient (Wildman–Crippen LogP) is 4.36. The van der Waals surface area contributed by atoms with Gasteiger partial charge in [-0.05, 0) is 29.3 Å². The van der Waals surface area contributed by atoms with Crippen LogP contribution in [0.4, 0.5) is 0 Å². The van der Waals surface area contributed by atoms with E-state index >= 15 is 0 Å². The Labute approximate surface area is 166 Å². The van der Waals surface area contributed by atoms with Crippen molar-refractivity contribution in [1.82, 2.24) is 12.3 Å². The maximum atomic E-state index is 10.6. The maximum Gasteiger partial charge on any atom is 0.248 e. The van der Waals surface area contributed by atoms with Crippen LogP contribution in [0.1, 0.15) is 20.7 Å². The molecule has 10 N–H and O–H groups in total. The Hall–Kier alpha value is -3.74. The molecule has 0 fully saturated rings. The molecule has 0 bridgehead atoms. The Morgan fingerprint density at radius 1 is 0.571 bits per heavy atom. The van der Waals surface area contributed by atoms with Crippen LogP contribution >= 0.6 is 0 Å². The lowest BCUT2D eigenvalue weighted by Crippen LogP contribution is -2.14. The van der Waals surface area contributed by atoms with Gasteiger partial charge in [0.25, 0.3) is 0 Å². The van der Waals surface area contributed by atoms with Gasteiger partial charge < -0.3 is 23.8 Å². The first kappa shape index (κ1) is 26.5. The number of hydrogen-bond donors (Lipinski definition) is 4. The zero-order chi connectivity index (χ0) is 19.4. The van der Waals surface area contributed by atoms with Crippen molar-refractivity contribution in [3.8, 4) is 11.1 Å². The first-order valence-corrected chi connectivity index (χ1v) is 7.88. The number of rotatable bonds is 3. The summed E-state index contributed by atoms with van der Waals surface area (Å²) in [6.07, 6.45) is 0. The van der Waals surface area contributed by atoms with Gasteiger partial charge in [-0.3, -0.25) is 9.59 Å². The lowest BCUT2D eigenvalue weighted by atomic mass is 10.1. The summed E-state index contributed by atoms with van der Waals surface area (Å²) in [4.78, 5) is 21.3. The maximum absolute atomic E-state index is 10.6. The van der Waals surface area contributed by atoms with E-state index in [2.05, 4.69) is 61.7 Å². The molecule has 6 nitrogen and oxygen atoms in total. The molecular formula is C22H28N4O2. The Bertz CT molecular complexity index is 771. The van der Waals surface area contributed by atoms with Crippen LogP contribution in [-0.4, -0.2) is 11.8 Å². The first-order chi connectivity index (χ1) is 12.6. The molecule has 148 valence electrons. The molecule has 3 rings (SSSR count). The van der Waals surface area contributed by atoms with Gasteiger partial charge in [0.05, 0.1) is 0 Å². The molecule has 3 aromatic carbocycles. The lowest BCUT2D eigenvalue weighted by molar-refractivity contribution is 0.0999. The van der Waals surface area contributed by atoms with Crippen LogP contribution in [0.3, 0.4) is 0 Å². The van der Waals surface area contributed by atoms with Crippen molar-refractivity contribution < 1.29 is 9.59 Å². The highest BCUT2D eigenvalue weighted by atomic mass is 16.1. The molecule has 0 spiro atoms. The molecule has 2 amide bonds. The van der Waals surface area contributed by atoms with E-state index < -0.39 is 11.8 Å². The molecule has 0 aliphatic heterocycles. The van der Waals surface area contributed by atoms with E-state index in [9.17, 15) is 9.59 Å². The molecule has 0 aliphatic rings. The average Bonchev–Trinajstić information content (AvgIpc) is 2.71. The monoisotopic (exact) mass is 380 g/mol. The largest absolute Gasteiger partial charge is 0.366 e. The van der Waals surface area contributed by atoms with Crippen LogP contribution in [0.5, 0.6) is 0 Å². The summed E-state index contributed by atoms with van der Waals surface area (Å²) in [6.45, 7) is 6.00. The minimum absolute atomic E-state index is 0. The third-order valence-electron chi connectivity index (χ3n) is 3.31. The van der Waals surface area contributed by atoms with E-state index in [-0.39, 0.29) is 23.4 Å². The Morgan fingerprint density at radius 2 is 0.893 bits per heavy atom. The van der Waals surface area contributed by atoms with Crippen molar-refractivity contribution in [2.24, 2.45) is 11.5 Å². The summed E-state index contributed by atoms with van der Waals surface area (Å²) >= 11 is 0. The van der Waals surface area contributed by atoms with E-state index in [1.165, 1.54) is 29.3 Å². The molecular weight excluding hydrogens is 352 g/mol. The van der Waals surface area contributed by atoms with Crippen LogP contribution in [-0.2, 0) is 0 Å². The van der Waals surface area contributed by atoms with Gasteiger partial charge >= 0.3 is 0 Å². The van der Waals surface area contributed by atoms with Crippen molar-refractivity contribution in [2.75, 3.05) is 0 Å². The summed E-state index contributed by atoms with van der Waals surface area (Å²) in [7, 11) is 0. The SMILES string of the molecule is C=C.N.N.NC(=O)c1cccc(C(N)=O)c1.c1ccc(-c2ccccc2)cc1. The van der Waals surface area contributed by atoms with Gasteiger partial charge in [-0.15, -0.1) is 13.2 Å². The quantitative estimate of drug-likeness (QED) is 0.498. The van der Waals surface area contributed by atoms with E-state index in [0.717, 1.165) is 0 Å². The zero-order valence-corrected chi connectivity index (χ0v) is 15.9. The van der Waals surface area contributed by atoms with E-state index in [1.54, 1.807) is 6.07 Å².